The Morgan fingerprint density at radius 3 is 2.58 bits per heavy atom. The molecule has 5 heteroatoms. The molecule has 3 N–H and O–H groups in total. The van der Waals surface area contributed by atoms with Crippen LogP contribution < -0.4 is 10.6 Å². The van der Waals surface area contributed by atoms with Crippen molar-refractivity contribution in [1.29, 1.82) is 0 Å². The van der Waals surface area contributed by atoms with E-state index in [2.05, 4.69) is 40.8 Å². The highest BCUT2D eigenvalue weighted by Crippen LogP contribution is 2.23. The van der Waals surface area contributed by atoms with E-state index in [-0.39, 0.29) is 12.6 Å². The van der Waals surface area contributed by atoms with Gasteiger partial charge in [0.05, 0.1) is 0 Å². The number of carbonyl (C=O) groups excluding carboxylic acids is 1. The van der Waals surface area contributed by atoms with Gasteiger partial charge in [0, 0.05) is 32.3 Å². The molecule has 2 amide bonds. The predicted molar refractivity (Wildman–Crippen MR) is 96.7 cm³/mol. The summed E-state index contributed by atoms with van der Waals surface area (Å²) in [4.78, 5) is 14.2. The maximum atomic E-state index is 11.8. The molecule has 24 heavy (non-hydrogen) atoms. The number of benzene rings is 1. The molecule has 0 atom stereocenters. The normalized spacial score (nSPS) is 15.5. The van der Waals surface area contributed by atoms with Crippen molar-refractivity contribution < 1.29 is 9.90 Å². The zero-order valence-electron chi connectivity index (χ0n) is 14.8. The first kappa shape index (κ1) is 18.7. The number of rotatable bonds is 8. The second kappa shape index (κ2) is 10.3. The smallest absolute Gasteiger partial charge is 0.315 e. The number of aliphatic hydroxyl groups excluding tert-OH is 1. The van der Waals surface area contributed by atoms with Gasteiger partial charge in [-0.15, -0.1) is 0 Å². The number of hydrogen-bond donors (Lipinski definition) is 3. The summed E-state index contributed by atoms with van der Waals surface area (Å²) in [6.07, 6.45) is 7.22. The molecule has 5 nitrogen and oxygen atoms in total. The Hall–Kier alpha value is -1.59. The second-order valence-electron chi connectivity index (χ2n) is 6.66. The van der Waals surface area contributed by atoms with Crippen LogP contribution in [0.5, 0.6) is 0 Å². The van der Waals surface area contributed by atoms with Gasteiger partial charge in [0.2, 0.25) is 0 Å². The van der Waals surface area contributed by atoms with Crippen LogP contribution >= 0.6 is 0 Å². The monoisotopic (exact) mass is 333 g/mol. The average molecular weight is 333 g/mol. The summed E-state index contributed by atoms with van der Waals surface area (Å²) < 4.78 is 0. The molecule has 2 rings (SSSR count). The van der Waals surface area contributed by atoms with Crippen molar-refractivity contribution in [3.8, 4) is 0 Å². The fraction of sp³-hybridized carbons (Fsp3) is 0.632. The Balaban J connectivity index is 1.86. The molecule has 0 heterocycles. The highest BCUT2D eigenvalue weighted by molar-refractivity contribution is 5.73. The highest BCUT2D eigenvalue weighted by Gasteiger charge is 2.18. The predicted octanol–water partition coefficient (Wildman–Crippen LogP) is 2.63. The molecule has 1 aromatic rings. The fourth-order valence-corrected chi connectivity index (χ4v) is 3.32. The molecule has 0 aliphatic heterocycles. The van der Waals surface area contributed by atoms with Crippen LogP contribution in [0.4, 0.5) is 4.79 Å². The van der Waals surface area contributed by atoms with Gasteiger partial charge in [-0.1, -0.05) is 43.5 Å². The number of aliphatic hydroxyl groups is 1. The maximum absolute atomic E-state index is 11.8. The minimum absolute atomic E-state index is 0.0939. The van der Waals surface area contributed by atoms with Crippen LogP contribution in [0, 0.1) is 0 Å². The Labute approximate surface area is 145 Å². The van der Waals surface area contributed by atoms with Gasteiger partial charge in [-0.25, -0.2) is 4.79 Å². The average Bonchev–Trinajstić information content (AvgIpc) is 2.62. The fourth-order valence-electron chi connectivity index (χ4n) is 3.32. The standard InChI is InChI=1S/C19H31N3O2/c1-22(18-10-3-2-4-11-18)15-17-9-6-5-8-16(17)14-21-19(24)20-12-7-13-23/h5-6,8-9,18,23H,2-4,7,10-15H2,1H3,(H2,20,21,24). The molecule has 1 saturated carbocycles. The van der Waals surface area contributed by atoms with Crippen LogP contribution in [0.15, 0.2) is 24.3 Å². The summed E-state index contributed by atoms with van der Waals surface area (Å²) in [5.74, 6) is 0. The second-order valence-corrected chi connectivity index (χ2v) is 6.66. The maximum Gasteiger partial charge on any atom is 0.315 e. The third-order valence-electron chi connectivity index (χ3n) is 4.80. The lowest BCUT2D eigenvalue weighted by atomic mass is 9.94. The van der Waals surface area contributed by atoms with Gasteiger partial charge in [-0.3, -0.25) is 4.90 Å². The van der Waals surface area contributed by atoms with Crippen LogP contribution in [-0.2, 0) is 13.1 Å². The van der Waals surface area contributed by atoms with E-state index in [9.17, 15) is 4.79 Å². The number of carbonyl (C=O) groups is 1. The van der Waals surface area contributed by atoms with Crippen molar-refractivity contribution in [1.82, 2.24) is 15.5 Å². The molecule has 0 saturated heterocycles. The topological polar surface area (TPSA) is 64.6 Å². The zero-order valence-corrected chi connectivity index (χ0v) is 14.8. The first-order valence-corrected chi connectivity index (χ1v) is 9.10. The third-order valence-corrected chi connectivity index (χ3v) is 4.80. The quantitative estimate of drug-likeness (QED) is 0.641. The lowest BCUT2D eigenvalue weighted by molar-refractivity contribution is 0.184. The van der Waals surface area contributed by atoms with Crippen LogP contribution in [0.3, 0.4) is 0 Å². The van der Waals surface area contributed by atoms with Gasteiger partial charge in [0.25, 0.3) is 0 Å². The molecular weight excluding hydrogens is 302 g/mol. The van der Waals surface area contributed by atoms with E-state index in [0.29, 0.717) is 25.6 Å². The summed E-state index contributed by atoms with van der Waals surface area (Å²) >= 11 is 0. The molecule has 1 aromatic carbocycles. The van der Waals surface area contributed by atoms with Crippen molar-refractivity contribution in [2.45, 2.75) is 57.7 Å². The van der Waals surface area contributed by atoms with Gasteiger partial charge in [-0.05, 0) is 37.4 Å². The Morgan fingerprint density at radius 2 is 1.88 bits per heavy atom. The van der Waals surface area contributed by atoms with Gasteiger partial charge in [-0.2, -0.15) is 0 Å². The lowest BCUT2D eigenvalue weighted by Crippen LogP contribution is -2.36. The minimum atomic E-state index is -0.182. The van der Waals surface area contributed by atoms with Gasteiger partial charge < -0.3 is 15.7 Å². The van der Waals surface area contributed by atoms with Crippen molar-refractivity contribution >= 4 is 6.03 Å². The number of nitrogens with one attached hydrogen (secondary N) is 2. The molecular formula is C19H31N3O2. The summed E-state index contributed by atoms with van der Waals surface area (Å²) in [7, 11) is 2.21. The van der Waals surface area contributed by atoms with Gasteiger partial charge >= 0.3 is 6.03 Å². The largest absolute Gasteiger partial charge is 0.396 e. The number of urea groups is 1. The van der Waals surface area contributed by atoms with E-state index in [4.69, 9.17) is 5.11 Å². The van der Waals surface area contributed by atoms with Crippen molar-refractivity contribution in [2.24, 2.45) is 0 Å². The van der Waals surface area contributed by atoms with E-state index >= 15 is 0 Å². The van der Waals surface area contributed by atoms with Crippen LogP contribution in [-0.4, -0.2) is 42.3 Å². The van der Waals surface area contributed by atoms with Crippen molar-refractivity contribution in [3.05, 3.63) is 35.4 Å². The summed E-state index contributed by atoms with van der Waals surface area (Å²) in [6, 6.07) is 8.82. The molecule has 0 radical (unpaired) electrons. The molecule has 1 aliphatic carbocycles. The number of hydrogen-bond acceptors (Lipinski definition) is 3. The minimum Gasteiger partial charge on any atom is -0.396 e. The molecule has 1 aliphatic rings. The van der Waals surface area contributed by atoms with Crippen LogP contribution in [0.25, 0.3) is 0 Å². The van der Waals surface area contributed by atoms with Gasteiger partial charge in [0.1, 0.15) is 0 Å². The number of amides is 2. The SMILES string of the molecule is CN(Cc1ccccc1CNC(=O)NCCCO)C1CCCCC1. The zero-order chi connectivity index (χ0) is 17.2. The molecule has 1 fully saturated rings. The molecule has 0 unspecified atom stereocenters. The van der Waals surface area contributed by atoms with E-state index in [1.54, 1.807) is 0 Å². The number of nitrogens with zero attached hydrogens (tertiary/aromatic N) is 1. The molecule has 0 aromatic heterocycles. The van der Waals surface area contributed by atoms with Crippen molar-refractivity contribution in [2.75, 3.05) is 20.2 Å². The highest BCUT2D eigenvalue weighted by atomic mass is 16.3. The van der Waals surface area contributed by atoms with E-state index in [1.165, 1.54) is 37.7 Å². The Kier molecular flexibility index (Phi) is 8.05. The van der Waals surface area contributed by atoms with Gasteiger partial charge in [0.15, 0.2) is 0 Å². The molecule has 0 spiro atoms. The van der Waals surface area contributed by atoms with Crippen molar-refractivity contribution in [3.63, 3.8) is 0 Å². The van der Waals surface area contributed by atoms with Crippen LogP contribution in [0.2, 0.25) is 0 Å². The Bertz CT molecular complexity index is 501. The first-order chi connectivity index (χ1) is 11.7. The van der Waals surface area contributed by atoms with E-state index in [0.717, 1.165) is 12.1 Å². The van der Waals surface area contributed by atoms with Crippen LogP contribution in [0.1, 0.15) is 49.7 Å². The summed E-state index contributed by atoms with van der Waals surface area (Å²) in [6.45, 7) is 2.04. The summed E-state index contributed by atoms with van der Waals surface area (Å²) in [5, 5.41) is 14.4. The van der Waals surface area contributed by atoms with E-state index < -0.39 is 0 Å². The molecule has 0 bridgehead atoms. The molecule has 134 valence electrons. The lowest BCUT2D eigenvalue weighted by Gasteiger charge is -2.31. The Morgan fingerprint density at radius 1 is 1.17 bits per heavy atom. The third kappa shape index (κ3) is 6.13. The first-order valence-electron chi connectivity index (χ1n) is 9.10. The summed E-state index contributed by atoms with van der Waals surface area (Å²) in [5.41, 5.74) is 2.44. The van der Waals surface area contributed by atoms with E-state index in [1.807, 2.05) is 6.07 Å².